The number of unbranched alkanes of at least 4 members (excludes halogenated alkanes) is 22. The quantitative estimate of drug-likeness (QED) is 0.0503. The maximum Gasteiger partial charge on any atom is 0.115 e. The molecule has 0 saturated carbocycles. The molecule has 2 rings (SSSR count). The van der Waals surface area contributed by atoms with Gasteiger partial charge in [0.15, 0.2) is 0 Å². The standard InChI is InChI=1S/C43H88N2O2/c1-5-7-9-11-13-15-17-19-21-23-25-31-37-46-41-43(39-44(3)33-27-28-34-44,40-45(4)35-29-30-36-45)42-47-38-32-26-24-22-20-18-16-14-12-10-8-6-2/h5-42H2,1-4H3/q+2. The summed E-state index contributed by atoms with van der Waals surface area (Å²) in [5.41, 5.74) is 0.131. The van der Waals surface area contributed by atoms with Crippen LogP contribution >= 0.6 is 0 Å². The molecule has 0 spiro atoms. The minimum Gasteiger partial charge on any atom is -0.380 e. The second kappa shape index (κ2) is 27.5. The van der Waals surface area contributed by atoms with Crippen molar-refractivity contribution in [1.29, 1.82) is 0 Å². The van der Waals surface area contributed by atoms with E-state index in [2.05, 4.69) is 27.9 Å². The first kappa shape index (κ1) is 43.0. The zero-order valence-electron chi connectivity index (χ0n) is 33.1. The highest BCUT2D eigenvalue weighted by Crippen LogP contribution is 2.33. The lowest BCUT2D eigenvalue weighted by Crippen LogP contribution is -2.60. The van der Waals surface area contributed by atoms with Gasteiger partial charge in [0.25, 0.3) is 0 Å². The van der Waals surface area contributed by atoms with E-state index in [0.717, 1.165) is 26.4 Å². The Hall–Kier alpha value is -0.160. The third-order valence-corrected chi connectivity index (χ3v) is 11.8. The molecule has 2 aliphatic rings. The summed E-state index contributed by atoms with van der Waals surface area (Å²) in [5, 5.41) is 0. The van der Waals surface area contributed by atoms with E-state index in [-0.39, 0.29) is 5.41 Å². The van der Waals surface area contributed by atoms with Gasteiger partial charge in [0.1, 0.15) is 5.41 Å². The smallest absolute Gasteiger partial charge is 0.115 e. The van der Waals surface area contributed by atoms with Gasteiger partial charge in [-0.05, 0) is 12.8 Å². The van der Waals surface area contributed by atoms with Gasteiger partial charge in [-0.2, -0.15) is 0 Å². The second-order valence-electron chi connectivity index (χ2n) is 17.2. The van der Waals surface area contributed by atoms with Crippen LogP contribution in [0.5, 0.6) is 0 Å². The Labute approximate surface area is 296 Å². The second-order valence-corrected chi connectivity index (χ2v) is 17.2. The molecule has 0 amide bonds. The summed E-state index contributed by atoms with van der Waals surface area (Å²) < 4.78 is 15.8. The maximum atomic E-state index is 6.67. The Morgan fingerprint density at radius 3 is 0.915 bits per heavy atom. The molecule has 2 saturated heterocycles. The fourth-order valence-corrected chi connectivity index (χ4v) is 9.08. The lowest BCUT2D eigenvalue weighted by atomic mass is 9.86. The van der Waals surface area contributed by atoms with Gasteiger partial charge in [-0.15, -0.1) is 0 Å². The minimum absolute atomic E-state index is 0.131. The first-order valence-corrected chi connectivity index (χ1v) is 21.8. The summed E-state index contributed by atoms with van der Waals surface area (Å²) in [6.45, 7) is 16.1. The first-order chi connectivity index (χ1) is 22.9. The van der Waals surface area contributed by atoms with E-state index in [0.29, 0.717) is 0 Å². The van der Waals surface area contributed by atoms with Gasteiger partial charge in [-0.25, -0.2) is 0 Å². The number of likely N-dealkylation sites (tertiary alicyclic amines) is 2. The lowest BCUT2D eigenvalue weighted by Gasteiger charge is -2.45. The fraction of sp³-hybridized carbons (Fsp3) is 1.00. The van der Waals surface area contributed by atoms with Crippen LogP contribution in [0.3, 0.4) is 0 Å². The van der Waals surface area contributed by atoms with Crippen LogP contribution in [-0.4, -0.2) is 88.8 Å². The Kier molecular flexibility index (Phi) is 25.2. The summed E-state index contributed by atoms with van der Waals surface area (Å²) in [5.74, 6) is 0. The number of nitrogens with zero attached hydrogens (tertiary/aromatic N) is 2. The van der Waals surface area contributed by atoms with Crippen molar-refractivity contribution in [1.82, 2.24) is 0 Å². The Bertz CT molecular complexity index is 627. The van der Waals surface area contributed by atoms with Gasteiger partial charge >= 0.3 is 0 Å². The van der Waals surface area contributed by atoms with E-state index in [1.165, 1.54) is 228 Å². The Morgan fingerprint density at radius 2 is 0.638 bits per heavy atom. The summed E-state index contributed by atoms with van der Waals surface area (Å²) >= 11 is 0. The molecular formula is C43H88N2O2+2. The third kappa shape index (κ3) is 21.6. The maximum absolute atomic E-state index is 6.67. The van der Waals surface area contributed by atoms with E-state index < -0.39 is 0 Å². The average molecular weight is 665 g/mol. The van der Waals surface area contributed by atoms with Gasteiger partial charge in [0, 0.05) is 38.9 Å². The lowest BCUT2D eigenvalue weighted by molar-refractivity contribution is -0.928. The number of quaternary nitrogens is 2. The minimum atomic E-state index is 0.131. The van der Waals surface area contributed by atoms with Crippen LogP contribution in [0, 0.1) is 5.41 Å². The highest BCUT2D eigenvalue weighted by molar-refractivity contribution is 4.82. The van der Waals surface area contributed by atoms with Crippen LogP contribution in [0.4, 0.5) is 0 Å². The van der Waals surface area contributed by atoms with E-state index in [9.17, 15) is 0 Å². The number of rotatable bonds is 34. The van der Waals surface area contributed by atoms with E-state index in [1.54, 1.807) is 0 Å². The third-order valence-electron chi connectivity index (χ3n) is 11.8. The molecule has 4 nitrogen and oxygen atoms in total. The van der Waals surface area contributed by atoms with E-state index >= 15 is 0 Å². The molecule has 0 bridgehead atoms. The molecule has 0 atom stereocenters. The molecule has 2 heterocycles. The van der Waals surface area contributed by atoms with Crippen molar-refractivity contribution in [2.45, 2.75) is 194 Å². The van der Waals surface area contributed by atoms with Gasteiger partial charge in [-0.3, -0.25) is 0 Å². The van der Waals surface area contributed by atoms with Crippen LogP contribution in [0.1, 0.15) is 194 Å². The molecule has 0 radical (unpaired) electrons. The molecule has 47 heavy (non-hydrogen) atoms. The monoisotopic (exact) mass is 665 g/mol. The summed E-state index contributed by atoms with van der Waals surface area (Å²) in [7, 11) is 5.06. The number of hydrogen-bond donors (Lipinski definition) is 0. The molecular weight excluding hydrogens is 576 g/mol. The molecule has 4 heteroatoms. The van der Waals surface area contributed by atoms with Crippen molar-refractivity contribution in [2.24, 2.45) is 5.41 Å². The molecule has 2 fully saturated rings. The van der Waals surface area contributed by atoms with Crippen molar-refractivity contribution in [3.63, 3.8) is 0 Å². The molecule has 0 N–H and O–H groups in total. The summed E-state index contributed by atoms with van der Waals surface area (Å²) in [6, 6.07) is 0. The fourth-order valence-electron chi connectivity index (χ4n) is 9.08. The molecule has 280 valence electrons. The molecule has 0 aromatic heterocycles. The Balaban J connectivity index is 1.72. The predicted octanol–water partition coefficient (Wildman–Crippen LogP) is 11.9. The largest absolute Gasteiger partial charge is 0.380 e. The highest BCUT2D eigenvalue weighted by atomic mass is 16.5. The summed E-state index contributed by atoms with van der Waals surface area (Å²) in [6.07, 6.45) is 39.2. The molecule has 0 aromatic rings. The average Bonchev–Trinajstić information content (AvgIpc) is 3.68. The van der Waals surface area contributed by atoms with Crippen molar-refractivity contribution in [2.75, 3.05) is 79.8 Å². The van der Waals surface area contributed by atoms with Crippen LogP contribution in [0.15, 0.2) is 0 Å². The zero-order valence-corrected chi connectivity index (χ0v) is 33.1. The molecule has 0 aromatic carbocycles. The van der Waals surface area contributed by atoms with Crippen molar-refractivity contribution < 1.29 is 18.4 Å². The van der Waals surface area contributed by atoms with Crippen molar-refractivity contribution in [3.8, 4) is 0 Å². The van der Waals surface area contributed by atoms with Crippen LogP contribution < -0.4 is 0 Å². The van der Waals surface area contributed by atoms with E-state index in [1.807, 2.05) is 0 Å². The summed E-state index contributed by atoms with van der Waals surface area (Å²) in [4.78, 5) is 0. The molecule has 0 aliphatic carbocycles. The highest BCUT2D eigenvalue weighted by Gasteiger charge is 2.47. The van der Waals surface area contributed by atoms with Gasteiger partial charge in [0.05, 0.1) is 66.6 Å². The van der Waals surface area contributed by atoms with E-state index in [4.69, 9.17) is 9.47 Å². The molecule has 2 aliphatic heterocycles. The predicted molar refractivity (Wildman–Crippen MR) is 206 cm³/mol. The number of hydrogen-bond acceptors (Lipinski definition) is 2. The van der Waals surface area contributed by atoms with Gasteiger partial charge in [-0.1, -0.05) is 155 Å². The Morgan fingerprint density at radius 1 is 0.383 bits per heavy atom. The zero-order chi connectivity index (χ0) is 33.8. The normalized spacial score (nSPS) is 17.6. The molecule has 0 unspecified atom stereocenters. The van der Waals surface area contributed by atoms with Gasteiger partial charge < -0.3 is 18.4 Å². The number of ether oxygens (including phenoxy) is 2. The van der Waals surface area contributed by atoms with Gasteiger partial charge in [0.2, 0.25) is 0 Å². The van der Waals surface area contributed by atoms with Crippen LogP contribution in [-0.2, 0) is 9.47 Å². The van der Waals surface area contributed by atoms with Crippen LogP contribution in [0.25, 0.3) is 0 Å². The topological polar surface area (TPSA) is 18.5 Å². The first-order valence-electron chi connectivity index (χ1n) is 21.8. The van der Waals surface area contributed by atoms with Crippen molar-refractivity contribution >= 4 is 0 Å². The van der Waals surface area contributed by atoms with Crippen molar-refractivity contribution in [3.05, 3.63) is 0 Å². The SMILES string of the molecule is CCCCCCCCCCCCCCOCC(COCCCCCCCCCCCCCC)(C[N+]1(C)CCCC1)C[N+]1(C)CCCC1. The van der Waals surface area contributed by atoms with Crippen LogP contribution in [0.2, 0.25) is 0 Å².